The summed E-state index contributed by atoms with van der Waals surface area (Å²) in [7, 11) is 0. The number of nitrogens with zero attached hydrogens (tertiary/aromatic N) is 4. The first kappa shape index (κ1) is 9.97. The van der Waals surface area contributed by atoms with Crippen LogP contribution < -0.4 is 5.73 Å². The minimum absolute atomic E-state index is 0.613. The molecule has 0 saturated heterocycles. The second-order valence-electron chi connectivity index (χ2n) is 2.82. The summed E-state index contributed by atoms with van der Waals surface area (Å²) in [6, 6.07) is 3.62. The van der Waals surface area contributed by atoms with Gasteiger partial charge in [0.1, 0.15) is 5.82 Å². The third-order valence-electron chi connectivity index (χ3n) is 1.85. The normalized spacial score (nSPS) is 10.5. The van der Waals surface area contributed by atoms with Crippen molar-refractivity contribution in [2.75, 3.05) is 11.5 Å². The van der Waals surface area contributed by atoms with Gasteiger partial charge < -0.3 is 5.73 Å². The molecule has 0 unspecified atom stereocenters. The molecular formula is C9H11N5S. The number of hydrogen-bond donors (Lipinski definition) is 1. The molecule has 0 saturated carbocycles. The van der Waals surface area contributed by atoms with Crippen LogP contribution in [0.3, 0.4) is 0 Å². The standard InChI is InChI=1S/C9H11N5S/c1-2-15-7-6-12-14(9(7)10)8-4-3-5-11-13-8/h3-6H,2,10H2,1H3. The minimum atomic E-state index is 0.613. The molecule has 0 aliphatic heterocycles. The van der Waals surface area contributed by atoms with Crippen molar-refractivity contribution in [3.05, 3.63) is 24.5 Å². The smallest absolute Gasteiger partial charge is 0.178 e. The third kappa shape index (κ3) is 1.94. The van der Waals surface area contributed by atoms with Crippen molar-refractivity contribution in [1.29, 1.82) is 0 Å². The average Bonchev–Trinajstić information content (AvgIpc) is 2.63. The number of nitrogen functional groups attached to an aromatic ring is 1. The zero-order valence-electron chi connectivity index (χ0n) is 8.29. The Morgan fingerprint density at radius 3 is 3.07 bits per heavy atom. The lowest BCUT2D eigenvalue weighted by Gasteiger charge is -2.01. The summed E-state index contributed by atoms with van der Waals surface area (Å²) >= 11 is 1.66. The number of hydrogen-bond acceptors (Lipinski definition) is 5. The molecule has 0 aliphatic carbocycles. The van der Waals surface area contributed by atoms with Crippen LogP contribution in [0, 0.1) is 0 Å². The molecule has 5 nitrogen and oxygen atoms in total. The van der Waals surface area contributed by atoms with Crippen LogP contribution in [0.25, 0.3) is 5.82 Å². The van der Waals surface area contributed by atoms with Gasteiger partial charge in [0.25, 0.3) is 0 Å². The van der Waals surface area contributed by atoms with Crippen LogP contribution in [-0.4, -0.2) is 25.7 Å². The van der Waals surface area contributed by atoms with Gasteiger partial charge in [0.15, 0.2) is 5.82 Å². The molecule has 2 aromatic rings. The highest BCUT2D eigenvalue weighted by atomic mass is 32.2. The van der Waals surface area contributed by atoms with E-state index in [9.17, 15) is 0 Å². The first-order valence-corrected chi connectivity index (χ1v) is 5.56. The molecule has 0 fully saturated rings. The van der Waals surface area contributed by atoms with Crippen LogP contribution in [-0.2, 0) is 0 Å². The van der Waals surface area contributed by atoms with E-state index >= 15 is 0 Å². The Bertz CT molecular complexity index is 439. The molecule has 78 valence electrons. The van der Waals surface area contributed by atoms with Crippen LogP contribution in [0.5, 0.6) is 0 Å². The second-order valence-corrected chi connectivity index (χ2v) is 4.13. The summed E-state index contributed by atoms with van der Waals surface area (Å²) < 4.78 is 1.59. The topological polar surface area (TPSA) is 69.6 Å². The van der Waals surface area contributed by atoms with E-state index in [1.54, 1.807) is 34.9 Å². The van der Waals surface area contributed by atoms with Crippen LogP contribution >= 0.6 is 11.8 Å². The molecule has 2 heterocycles. The number of rotatable bonds is 3. The lowest BCUT2D eigenvalue weighted by atomic mass is 10.5. The number of thioether (sulfide) groups is 1. The minimum Gasteiger partial charge on any atom is -0.383 e. The van der Waals surface area contributed by atoms with E-state index in [2.05, 4.69) is 22.2 Å². The first-order valence-electron chi connectivity index (χ1n) is 4.57. The summed E-state index contributed by atoms with van der Waals surface area (Å²) in [6.45, 7) is 2.07. The maximum Gasteiger partial charge on any atom is 0.178 e. The van der Waals surface area contributed by atoms with Crippen molar-refractivity contribution in [3.8, 4) is 5.82 Å². The summed E-state index contributed by atoms with van der Waals surface area (Å²) in [6.07, 6.45) is 3.36. The largest absolute Gasteiger partial charge is 0.383 e. The van der Waals surface area contributed by atoms with E-state index in [1.165, 1.54) is 0 Å². The Labute approximate surface area is 91.7 Å². The Balaban J connectivity index is 2.38. The van der Waals surface area contributed by atoms with Crippen LogP contribution in [0.15, 0.2) is 29.4 Å². The molecule has 2 rings (SSSR count). The fourth-order valence-corrected chi connectivity index (χ4v) is 1.87. The van der Waals surface area contributed by atoms with Gasteiger partial charge in [-0.1, -0.05) is 6.92 Å². The lowest BCUT2D eigenvalue weighted by molar-refractivity contribution is 0.822. The predicted molar refractivity (Wildman–Crippen MR) is 60.0 cm³/mol. The molecular weight excluding hydrogens is 210 g/mol. The Morgan fingerprint density at radius 1 is 1.53 bits per heavy atom. The lowest BCUT2D eigenvalue weighted by Crippen LogP contribution is -2.04. The van der Waals surface area contributed by atoms with Gasteiger partial charge >= 0.3 is 0 Å². The maximum absolute atomic E-state index is 5.93. The summed E-state index contributed by atoms with van der Waals surface area (Å²) in [5, 5.41) is 11.9. The van der Waals surface area contributed by atoms with Crippen LogP contribution in [0.1, 0.15) is 6.92 Å². The van der Waals surface area contributed by atoms with Gasteiger partial charge in [0.2, 0.25) is 0 Å². The highest BCUT2D eigenvalue weighted by Crippen LogP contribution is 2.25. The number of anilines is 1. The van der Waals surface area contributed by atoms with Crippen molar-refractivity contribution in [1.82, 2.24) is 20.0 Å². The fourth-order valence-electron chi connectivity index (χ4n) is 1.20. The third-order valence-corrected chi connectivity index (χ3v) is 2.76. The SMILES string of the molecule is CCSc1cnn(-c2cccnn2)c1N. The van der Waals surface area contributed by atoms with Crippen LogP contribution in [0.2, 0.25) is 0 Å². The average molecular weight is 221 g/mol. The molecule has 0 bridgehead atoms. The highest BCUT2D eigenvalue weighted by molar-refractivity contribution is 7.99. The van der Waals surface area contributed by atoms with Crippen molar-refractivity contribution >= 4 is 17.6 Å². The molecule has 0 spiro atoms. The Hall–Kier alpha value is -1.56. The predicted octanol–water partition coefficient (Wildman–Crippen LogP) is 1.36. The zero-order valence-corrected chi connectivity index (χ0v) is 9.11. The zero-order chi connectivity index (χ0) is 10.7. The van der Waals surface area contributed by atoms with E-state index in [-0.39, 0.29) is 0 Å². The van der Waals surface area contributed by atoms with Gasteiger partial charge in [0, 0.05) is 6.20 Å². The summed E-state index contributed by atoms with van der Waals surface area (Å²) in [5.74, 6) is 2.22. The van der Waals surface area contributed by atoms with Gasteiger partial charge in [-0.15, -0.1) is 16.9 Å². The van der Waals surface area contributed by atoms with E-state index in [0.717, 1.165) is 10.6 Å². The number of nitrogens with two attached hydrogens (primary N) is 1. The molecule has 6 heteroatoms. The van der Waals surface area contributed by atoms with E-state index in [1.807, 2.05) is 6.07 Å². The molecule has 0 amide bonds. The van der Waals surface area contributed by atoms with E-state index < -0.39 is 0 Å². The second kappa shape index (κ2) is 4.31. The number of aromatic nitrogens is 4. The molecule has 15 heavy (non-hydrogen) atoms. The van der Waals surface area contributed by atoms with Crippen molar-refractivity contribution < 1.29 is 0 Å². The molecule has 0 aromatic carbocycles. The Morgan fingerprint density at radius 2 is 2.40 bits per heavy atom. The van der Waals surface area contributed by atoms with Crippen molar-refractivity contribution in [2.45, 2.75) is 11.8 Å². The van der Waals surface area contributed by atoms with Gasteiger partial charge in [-0.05, 0) is 17.9 Å². The summed E-state index contributed by atoms with van der Waals surface area (Å²) in [4.78, 5) is 0.975. The molecule has 0 atom stereocenters. The quantitative estimate of drug-likeness (QED) is 0.792. The van der Waals surface area contributed by atoms with Gasteiger partial charge in [-0.3, -0.25) is 0 Å². The molecule has 2 N–H and O–H groups in total. The highest BCUT2D eigenvalue weighted by Gasteiger charge is 2.09. The molecule has 0 aliphatic rings. The van der Waals surface area contributed by atoms with E-state index in [0.29, 0.717) is 11.6 Å². The Kier molecular flexibility index (Phi) is 2.86. The van der Waals surface area contributed by atoms with Crippen molar-refractivity contribution in [2.24, 2.45) is 0 Å². The van der Waals surface area contributed by atoms with Gasteiger partial charge in [-0.2, -0.15) is 14.9 Å². The monoisotopic (exact) mass is 221 g/mol. The molecule has 0 radical (unpaired) electrons. The first-order chi connectivity index (χ1) is 7.33. The van der Waals surface area contributed by atoms with Crippen molar-refractivity contribution in [3.63, 3.8) is 0 Å². The fraction of sp³-hybridized carbons (Fsp3) is 0.222. The van der Waals surface area contributed by atoms with Gasteiger partial charge in [-0.25, -0.2) is 0 Å². The summed E-state index contributed by atoms with van der Waals surface area (Å²) in [5.41, 5.74) is 5.93. The van der Waals surface area contributed by atoms with Crippen LogP contribution in [0.4, 0.5) is 5.82 Å². The van der Waals surface area contributed by atoms with Gasteiger partial charge in [0.05, 0.1) is 11.1 Å². The maximum atomic E-state index is 5.93. The van der Waals surface area contributed by atoms with E-state index in [4.69, 9.17) is 5.73 Å². The molecule has 2 aromatic heterocycles.